The minimum Gasteiger partial charge on any atom is -0.491 e. The van der Waals surface area contributed by atoms with Gasteiger partial charge in [0.15, 0.2) is 0 Å². The number of amides is 1. The predicted molar refractivity (Wildman–Crippen MR) is 77.7 cm³/mol. The van der Waals surface area contributed by atoms with Crippen LogP contribution in [-0.2, 0) is 17.8 Å². The Balaban J connectivity index is 2.05. The summed E-state index contributed by atoms with van der Waals surface area (Å²) in [6, 6.07) is 1.93. The molecule has 1 aliphatic heterocycles. The third kappa shape index (κ3) is 3.70. The van der Waals surface area contributed by atoms with E-state index < -0.39 is 0 Å². The van der Waals surface area contributed by atoms with Crippen LogP contribution in [0.15, 0.2) is 12.3 Å². The number of aromatic nitrogens is 1. The van der Waals surface area contributed by atoms with Crippen molar-refractivity contribution in [1.82, 2.24) is 15.2 Å². The molecule has 1 aromatic heterocycles. The van der Waals surface area contributed by atoms with Crippen molar-refractivity contribution in [1.29, 1.82) is 0 Å². The van der Waals surface area contributed by atoms with Gasteiger partial charge >= 0.3 is 0 Å². The summed E-state index contributed by atoms with van der Waals surface area (Å²) in [5.74, 6) is 1.01. The normalized spacial score (nSPS) is 15.0. The van der Waals surface area contributed by atoms with Crippen LogP contribution in [0.1, 0.15) is 31.5 Å². The van der Waals surface area contributed by atoms with Crippen molar-refractivity contribution in [3.05, 3.63) is 23.5 Å². The quantitative estimate of drug-likeness (QED) is 0.883. The molecule has 1 aromatic rings. The van der Waals surface area contributed by atoms with Crippen LogP contribution in [0, 0.1) is 0 Å². The molecular weight excluding hydrogens is 254 g/mol. The van der Waals surface area contributed by atoms with Crippen LogP contribution in [0.5, 0.6) is 5.75 Å². The summed E-state index contributed by atoms with van der Waals surface area (Å²) >= 11 is 0. The second-order valence-corrected chi connectivity index (χ2v) is 5.35. The van der Waals surface area contributed by atoms with Crippen molar-refractivity contribution in [2.24, 2.45) is 0 Å². The molecule has 0 unspecified atom stereocenters. The predicted octanol–water partition coefficient (Wildman–Crippen LogP) is 1.36. The van der Waals surface area contributed by atoms with E-state index in [0.29, 0.717) is 6.42 Å². The molecule has 2 rings (SSSR count). The summed E-state index contributed by atoms with van der Waals surface area (Å²) in [4.78, 5) is 18.1. The third-order valence-electron chi connectivity index (χ3n) is 3.45. The van der Waals surface area contributed by atoms with E-state index in [2.05, 4.69) is 15.2 Å². The molecular formula is C15H23N3O2. The molecule has 20 heavy (non-hydrogen) atoms. The van der Waals surface area contributed by atoms with Crippen molar-refractivity contribution >= 4 is 5.91 Å². The number of pyridine rings is 1. The number of hydrogen-bond donors (Lipinski definition) is 1. The van der Waals surface area contributed by atoms with E-state index >= 15 is 0 Å². The monoisotopic (exact) mass is 277 g/mol. The van der Waals surface area contributed by atoms with Gasteiger partial charge in [0.25, 0.3) is 0 Å². The molecule has 2 heterocycles. The van der Waals surface area contributed by atoms with Crippen molar-refractivity contribution < 1.29 is 9.53 Å². The lowest BCUT2D eigenvalue weighted by Crippen LogP contribution is -2.34. The standard InChI is InChI=1S/C15H23N3O2/c1-11(2)20-14-4-7-17-13-5-8-18(10-12(13)14)9-6-15(19)16-3/h4,7,11H,5-6,8-10H2,1-3H3,(H,16,19). The first-order valence-corrected chi connectivity index (χ1v) is 7.16. The van der Waals surface area contributed by atoms with Crippen LogP contribution >= 0.6 is 0 Å². The summed E-state index contributed by atoms with van der Waals surface area (Å²) in [5, 5.41) is 2.66. The molecule has 0 aliphatic carbocycles. The van der Waals surface area contributed by atoms with E-state index in [1.165, 1.54) is 5.56 Å². The number of nitrogens with zero attached hydrogens (tertiary/aromatic N) is 2. The number of rotatable bonds is 5. The third-order valence-corrected chi connectivity index (χ3v) is 3.45. The topological polar surface area (TPSA) is 54.5 Å². The molecule has 5 heteroatoms. The zero-order valence-corrected chi connectivity index (χ0v) is 12.5. The Bertz CT molecular complexity index is 474. The van der Waals surface area contributed by atoms with Gasteiger partial charge in [0.1, 0.15) is 5.75 Å². The van der Waals surface area contributed by atoms with Crippen LogP contribution in [0.4, 0.5) is 0 Å². The summed E-state index contributed by atoms with van der Waals surface area (Å²) in [6.07, 6.45) is 3.42. The van der Waals surface area contributed by atoms with E-state index in [-0.39, 0.29) is 12.0 Å². The fraction of sp³-hybridized carbons (Fsp3) is 0.600. The van der Waals surface area contributed by atoms with Gasteiger partial charge in [-0.3, -0.25) is 14.7 Å². The van der Waals surface area contributed by atoms with Crippen molar-refractivity contribution in [3.8, 4) is 5.75 Å². The maximum atomic E-state index is 11.3. The highest BCUT2D eigenvalue weighted by molar-refractivity contribution is 5.75. The van der Waals surface area contributed by atoms with Gasteiger partial charge in [0.05, 0.1) is 6.10 Å². The number of carbonyl (C=O) groups is 1. The highest BCUT2D eigenvalue weighted by Gasteiger charge is 2.21. The largest absolute Gasteiger partial charge is 0.491 e. The number of hydrogen-bond acceptors (Lipinski definition) is 4. The minimum absolute atomic E-state index is 0.0839. The molecule has 0 aromatic carbocycles. The van der Waals surface area contributed by atoms with Crippen LogP contribution in [-0.4, -0.2) is 42.0 Å². The molecule has 0 radical (unpaired) electrons. The lowest BCUT2D eigenvalue weighted by atomic mass is 10.0. The first-order chi connectivity index (χ1) is 9.60. The van der Waals surface area contributed by atoms with E-state index in [1.54, 1.807) is 7.05 Å². The maximum Gasteiger partial charge on any atom is 0.221 e. The van der Waals surface area contributed by atoms with Gasteiger partial charge < -0.3 is 10.1 Å². The molecule has 0 saturated carbocycles. The smallest absolute Gasteiger partial charge is 0.221 e. The average molecular weight is 277 g/mol. The van der Waals surface area contributed by atoms with Crippen LogP contribution in [0.3, 0.4) is 0 Å². The number of carbonyl (C=O) groups excluding carboxylic acids is 1. The molecule has 0 saturated heterocycles. The first-order valence-electron chi connectivity index (χ1n) is 7.16. The molecule has 0 bridgehead atoms. The zero-order chi connectivity index (χ0) is 14.5. The Morgan fingerprint density at radius 1 is 1.55 bits per heavy atom. The minimum atomic E-state index is 0.0839. The fourth-order valence-electron chi connectivity index (χ4n) is 2.41. The van der Waals surface area contributed by atoms with Crippen LogP contribution < -0.4 is 10.1 Å². The second kappa shape index (κ2) is 6.70. The first kappa shape index (κ1) is 14.8. The molecule has 110 valence electrons. The molecule has 5 nitrogen and oxygen atoms in total. The Hall–Kier alpha value is -1.62. The van der Waals surface area contributed by atoms with Crippen LogP contribution in [0.2, 0.25) is 0 Å². The fourth-order valence-corrected chi connectivity index (χ4v) is 2.41. The van der Waals surface area contributed by atoms with Crippen LogP contribution in [0.25, 0.3) is 0 Å². The molecule has 0 fully saturated rings. The number of fused-ring (bicyclic) bond motifs is 1. The van der Waals surface area contributed by atoms with Gasteiger partial charge in [-0.05, 0) is 19.9 Å². The van der Waals surface area contributed by atoms with E-state index in [1.807, 2.05) is 26.1 Å². The zero-order valence-electron chi connectivity index (χ0n) is 12.5. The highest BCUT2D eigenvalue weighted by atomic mass is 16.5. The lowest BCUT2D eigenvalue weighted by Gasteiger charge is -2.29. The van der Waals surface area contributed by atoms with Gasteiger partial charge in [-0.1, -0.05) is 0 Å². The molecule has 1 amide bonds. The molecule has 1 aliphatic rings. The summed E-state index contributed by atoms with van der Waals surface area (Å²) in [5.41, 5.74) is 2.30. The highest BCUT2D eigenvalue weighted by Crippen LogP contribution is 2.27. The summed E-state index contributed by atoms with van der Waals surface area (Å²) < 4.78 is 5.86. The van der Waals surface area contributed by atoms with Gasteiger partial charge in [-0.25, -0.2) is 0 Å². The molecule has 0 atom stereocenters. The lowest BCUT2D eigenvalue weighted by molar-refractivity contribution is -0.121. The van der Waals surface area contributed by atoms with Crippen molar-refractivity contribution in [2.75, 3.05) is 20.1 Å². The van der Waals surface area contributed by atoms with Crippen molar-refractivity contribution in [3.63, 3.8) is 0 Å². The van der Waals surface area contributed by atoms with E-state index in [0.717, 1.165) is 37.5 Å². The summed E-state index contributed by atoms with van der Waals surface area (Å²) in [7, 11) is 1.67. The molecule has 0 spiro atoms. The SMILES string of the molecule is CNC(=O)CCN1CCc2nccc(OC(C)C)c2C1. The van der Waals surface area contributed by atoms with E-state index in [4.69, 9.17) is 4.74 Å². The van der Waals surface area contributed by atoms with E-state index in [9.17, 15) is 4.79 Å². The average Bonchev–Trinajstić information content (AvgIpc) is 2.44. The van der Waals surface area contributed by atoms with Crippen molar-refractivity contribution in [2.45, 2.75) is 39.3 Å². The molecule has 1 N–H and O–H groups in total. The Kier molecular flexibility index (Phi) is 4.95. The summed E-state index contributed by atoms with van der Waals surface area (Å²) in [6.45, 7) is 6.58. The Labute approximate surface area is 120 Å². The number of nitrogens with one attached hydrogen (secondary N) is 1. The second-order valence-electron chi connectivity index (χ2n) is 5.35. The van der Waals surface area contributed by atoms with Gasteiger partial charge in [-0.2, -0.15) is 0 Å². The Morgan fingerprint density at radius 2 is 2.35 bits per heavy atom. The number of ether oxygens (including phenoxy) is 1. The Morgan fingerprint density at radius 3 is 3.05 bits per heavy atom. The van der Waals surface area contributed by atoms with Gasteiger partial charge in [0.2, 0.25) is 5.91 Å². The maximum absolute atomic E-state index is 11.3. The van der Waals surface area contributed by atoms with Gasteiger partial charge in [-0.15, -0.1) is 0 Å². The van der Waals surface area contributed by atoms with Gasteiger partial charge in [0, 0.05) is 57.0 Å².